The number of benzene rings is 1. The maximum absolute atomic E-state index is 12.2. The minimum absolute atomic E-state index is 0.0209. The number of rotatable bonds is 6. The molecule has 1 aromatic carbocycles. The van der Waals surface area contributed by atoms with Crippen LogP contribution >= 0.6 is 0 Å². The van der Waals surface area contributed by atoms with Gasteiger partial charge in [0.1, 0.15) is 5.75 Å². The van der Waals surface area contributed by atoms with Gasteiger partial charge in [-0.15, -0.1) is 0 Å². The van der Waals surface area contributed by atoms with Gasteiger partial charge in [-0.05, 0) is 18.2 Å². The van der Waals surface area contributed by atoms with Gasteiger partial charge in [-0.2, -0.15) is 4.98 Å². The smallest absolute Gasteiger partial charge is 0.240 e. The van der Waals surface area contributed by atoms with Crippen LogP contribution in [0, 0.1) is 6.92 Å². The Balaban J connectivity index is 2.19. The molecule has 0 bridgehead atoms. The van der Waals surface area contributed by atoms with E-state index >= 15 is 0 Å². The lowest BCUT2D eigenvalue weighted by molar-refractivity contribution is 0.273. The van der Waals surface area contributed by atoms with E-state index < -0.39 is 10.0 Å². The molecular weight excluding hydrogens is 298 g/mol. The van der Waals surface area contributed by atoms with Crippen LogP contribution in [0.15, 0.2) is 27.6 Å². The number of hydrogen-bond donors (Lipinski definition) is 2. The summed E-state index contributed by atoms with van der Waals surface area (Å²) in [6.07, 6.45) is 0. The lowest BCUT2D eigenvalue weighted by Gasteiger charge is -2.09. The molecule has 114 valence electrons. The molecular formula is C12H15N3O5S. The Hall–Kier alpha value is -1.97. The number of methoxy groups -OCH3 is 1. The molecule has 0 aliphatic heterocycles. The van der Waals surface area contributed by atoms with Crippen molar-refractivity contribution < 1.29 is 22.8 Å². The van der Waals surface area contributed by atoms with Crippen LogP contribution in [0.1, 0.15) is 17.3 Å². The van der Waals surface area contributed by atoms with Crippen LogP contribution in [0.4, 0.5) is 0 Å². The van der Waals surface area contributed by atoms with Crippen LogP contribution in [0.25, 0.3) is 0 Å². The molecule has 8 nitrogen and oxygen atoms in total. The zero-order chi connectivity index (χ0) is 15.5. The predicted octanol–water partition coefficient (Wildman–Crippen LogP) is 0.357. The van der Waals surface area contributed by atoms with Crippen molar-refractivity contribution in [2.75, 3.05) is 7.11 Å². The first kappa shape index (κ1) is 15.4. The molecule has 0 radical (unpaired) electrons. The van der Waals surface area contributed by atoms with Gasteiger partial charge in [0.2, 0.25) is 15.9 Å². The Bertz CT molecular complexity index is 726. The Labute approximate surface area is 121 Å². The van der Waals surface area contributed by atoms with Crippen LogP contribution in [0.5, 0.6) is 5.75 Å². The van der Waals surface area contributed by atoms with Gasteiger partial charge < -0.3 is 14.4 Å². The molecule has 0 unspecified atom stereocenters. The molecule has 1 heterocycles. The van der Waals surface area contributed by atoms with Gasteiger partial charge in [0.25, 0.3) is 0 Å². The van der Waals surface area contributed by atoms with Crippen molar-refractivity contribution >= 4 is 10.0 Å². The minimum atomic E-state index is -3.75. The number of sulfonamides is 1. The lowest BCUT2D eigenvalue weighted by atomic mass is 10.2. The Morgan fingerprint density at radius 2 is 2.19 bits per heavy atom. The summed E-state index contributed by atoms with van der Waals surface area (Å²) >= 11 is 0. The Kier molecular flexibility index (Phi) is 4.56. The maximum atomic E-state index is 12.2. The predicted molar refractivity (Wildman–Crippen MR) is 72.0 cm³/mol. The van der Waals surface area contributed by atoms with E-state index in [1.807, 2.05) is 0 Å². The van der Waals surface area contributed by atoms with E-state index in [0.717, 1.165) is 0 Å². The van der Waals surface area contributed by atoms with Crippen molar-refractivity contribution in [2.45, 2.75) is 25.0 Å². The Morgan fingerprint density at radius 3 is 2.76 bits per heavy atom. The number of aliphatic hydroxyl groups excluding tert-OH is 1. The van der Waals surface area contributed by atoms with Crippen LogP contribution in [0.3, 0.4) is 0 Å². The van der Waals surface area contributed by atoms with Crippen LogP contribution in [-0.4, -0.2) is 30.8 Å². The third-order valence-electron chi connectivity index (χ3n) is 2.72. The van der Waals surface area contributed by atoms with E-state index in [1.54, 1.807) is 6.92 Å². The maximum Gasteiger partial charge on any atom is 0.240 e. The number of hydrogen-bond acceptors (Lipinski definition) is 7. The summed E-state index contributed by atoms with van der Waals surface area (Å²) in [6, 6.07) is 4.23. The van der Waals surface area contributed by atoms with Crippen LogP contribution in [-0.2, 0) is 23.2 Å². The SMILES string of the molecule is COc1ccc(S(=O)(=O)NCc2noc(C)n2)cc1CO. The molecule has 2 N–H and O–H groups in total. The van der Waals surface area contributed by atoms with Crippen molar-refractivity contribution in [3.05, 3.63) is 35.5 Å². The highest BCUT2D eigenvalue weighted by atomic mass is 32.2. The number of aromatic nitrogens is 2. The van der Waals surface area contributed by atoms with Crippen molar-refractivity contribution in [2.24, 2.45) is 0 Å². The summed E-state index contributed by atoms with van der Waals surface area (Å²) in [4.78, 5) is 3.92. The number of nitrogens with one attached hydrogen (secondary N) is 1. The molecule has 0 spiro atoms. The molecule has 9 heteroatoms. The van der Waals surface area contributed by atoms with E-state index in [9.17, 15) is 13.5 Å². The number of ether oxygens (including phenoxy) is 1. The van der Waals surface area contributed by atoms with Gasteiger partial charge in [-0.25, -0.2) is 13.1 Å². The molecule has 0 aliphatic rings. The molecule has 0 amide bonds. The van der Waals surface area contributed by atoms with E-state index in [0.29, 0.717) is 17.2 Å². The summed E-state index contributed by atoms with van der Waals surface area (Å²) in [5.74, 6) is 1.02. The summed E-state index contributed by atoms with van der Waals surface area (Å²) in [5, 5.41) is 12.8. The zero-order valence-electron chi connectivity index (χ0n) is 11.5. The summed E-state index contributed by atoms with van der Waals surface area (Å²) in [6.45, 7) is 1.21. The topological polar surface area (TPSA) is 115 Å². The zero-order valence-corrected chi connectivity index (χ0v) is 12.3. The van der Waals surface area contributed by atoms with Gasteiger partial charge in [-0.3, -0.25) is 0 Å². The molecule has 2 aromatic rings. The average Bonchev–Trinajstić information content (AvgIpc) is 2.90. The summed E-state index contributed by atoms with van der Waals surface area (Å²) in [5.41, 5.74) is 0.385. The monoisotopic (exact) mass is 313 g/mol. The van der Waals surface area contributed by atoms with Crippen molar-refractivity contribution in [1.29, 1.82) is 0 Å². The van der Waals surface area contributed by atoms with Gasteiger partial charge in [0.15, 0.2) is 5.82 Å². The van der Waals surface area contributed by atoms with Gasteiger partial charge in [-0.1, -0.05) is 5.16 Å². The average molecular weight is 313 g/mol. The fraction of sp³-hybridized carbons (Fsp3) is 0.333. The normalized spacial score (nSPS) is 11.6. The third kappa shape index (κ3) is 3.57. The first-order valence-corrected chi connectivity index (χ1v) is 7.51. The molecule has 1 aromatic heterocycles. The quantitative estimate of drug-likeness (QED) is 0.791. The van der Waals surface area contributed by atoms with Crippen molar-refractivity contribution in [3.8, 4) is 5.75 Å². The van der Waals surface area contributed by atoms with Crippen LogP contribution in [0.2, 0.25) is 0 Å². The van der Waals surface area contributed by atoms with Gasteiger partial charge in [0, 0.05) is 12.5 Å². The van der Waals surface area contributed by atoms with Crippen molar-refractivity contribution in [3.63, 3.8) is 0 Å². The van der Waals surface area contributed by atoms with E-state index in [4.69, 9.17) is 9.26 Å². The molecule has 0 saturated carbocycles. The third-order valence-corrected chi connectivity index (χ3v) is 4.12. The number of nitrogens with zero attached hydrogens (tertiary/aromatic N) is 2. The second-order valence-corrected chi connectivity index (χ2v) is 5.95. The molecule has 21 heavy (non-hydrogen) atoms. The molecule has 0 fully saturated rings. The van der Waals surface area contributed by atoms with E-state index in [1.165, 1.54) is 25.3 Å². The highest BCUT2D eigenvalue weighted by Crippen LogP contribution is 2.22. The van der Waals surface area contributed by atoms with E-state index in [2.05, 4.69) is 14.9 Å². The van der Waals surface area contributed by atoms with E-state index in [-0.39, 0.29) is 23.9 Å². The standard InChI is InChI=1S/C12H15N3O5S/c1-8-14-12(15-20-8)6-13-21(17,18)10-3-4-11(19-2)9(5-10)7-16/h3-5,13,16H,6-7H2,1-2H3. The number of aliphatic hydroxyl groups is 1. The molecule has 0 saturated heterocycles. The largest absolute Gasteiger partial charge is 0.496 e. The fourth-order valence-electron chi connectivity index (χ4n) is 1.70. The first-order valence-electron chi connectivity index (χ1n) is 6.03. The summed E-state index contributed by atoms with van der Waals surface area (Å²) in [7, 11) is -2.30. The minimum Gasteiger partial charge on any atom is -0.496 e. The highest BCUT2D eigenvalue weighted by molar-refractivity contribution is 7.89. The molecule has 2 rings (SSSR count). The van der Waals surface area contributed by atoms with Gasteiger partial charge >= 0.3 is 0 Å². The summed E-state index contributed by atoms with van der Waals surface area (Å²) < 4.78 is 36.5. The fourth-order valence-corrected chi connectivity index (χ4v) is 2.73. The second-order valence-electron chi connectivity index (χ2n) is 4.19. The lowest BCUT2D eigenvalue weighted by Crippen LogP contribution is -2.24. The number of aryl methyl sites for hydroxylation is 1. The second kappa shape index (κ2) is 6.20. The molecule has 0 atom stereocenters. The highest BCUT2D eigenvalue weighted by Gasteiger charge is 2.17. The first-order chi connectivity index (χ1) is 9.96. The molecule has 0 aliphatic carbocycles. The van der Waals surface area contributed by atoms with Gasteiger partial charge in [0.05, 0.1) is 25.2 Å². The Morgan fingerprint density at radius 1 is 1.43 bits per heavy atom. The van der Waals surface area contributed by atoms with Crippen LogP contribution < -0.4 is 9.46 Å². The van der Waals surface area contributed by atoms with Crippen molar-refractivity contribution in [1.82, 2.24) is 14.9 Å².